The van der Waals surface area contributed by atoms with E-state index in [0.29, 0.717) is 6.54 Å². The molecule has 1 aliphatic heterocycles. The summed E-state index contributed by atoms with van der Waals surface area (Å²) in [4.78, 5) is 28.2. The van der Waals surface area contributed by atoms with Crippen LogP contribution in [-0.2, 0) is 11.3 Å². The number of anilines is 2. The van der Waals surface area contributed by atoms with Crippen LogP contribution in [0.1, 0.15) is 16.7 Å². The van der Waals surface area contributed by atoms with Crippen molar-refractivity contribution in [1.82, 2.24) is 4.90 Å². The molecule has 0 bridgehead atoms. The first-order valence-corrected chi connectivity index (χ1v) is 7.94. The Morgan fingerprint density at radius 2 is 1.75 bits per heavy atom. The lowest BCUT2D eigenvalue weighted by Crippen LogP contribution is -2.48. The normalized spacial score (nSPS) is 13.7. The second kappa shape index (κ2) is 6.35. The van der Waals surface area contributed by atoms with Gasteiger partial charge in [-0.2, -0.15) is 0 Å². The third-order valence-electron chi connectivity index (χ3n) is 4.29. The van der Waals surface area contributed by atoms with E-state index in [1.165, 1.54) is 4.90 Å². The number of nitrogens with zero attached hydrogens (tertiary/aromatic N) is 2. The summed E-state index contributed by atoms with van der Waals surface area (Å²) in [6.45, 7) is 4.47. The monoisotopic (exact) mass is 323 g/mol. The van der Waals surface area contributed by atoms with Gasteiger partial charge in [0.25, 0.3) is 0 Å². The van der Waals surface area contributed by atoms with Gasteiger partial charge in [0.2, 0.25) is 5.91 Å². The second-order valence-electron chi connectivity index (χ2n) is 6.17. The first kappa shape index (κ1) is 16.1. The van der Waals surface area contributed by atoms with Crippen LogP contribution in [0.2, 0.25) is 0 Å². The van der Waals surface area contributed by atoms with Crippen LogP contribution in [0, 0.1) is 13.8 Å². The first-order chi connectivity index (χ1) is 11.5. The third-order valence-corrected chi connectivity index (χ3v) is 4.29. The van der Waals surface area contributed by atoms with E-state index >= 15 is 0 Å². The van der Waals surface area contributed by atoms with Crippen LogP contribution in [0.15, 0.2) is 42.5 Å². The molecule has 0 saturated heterocycles. The van der Waals surface area contributed by atoms with Gasteiger partial charge in [0.15, 0.2) is 0 Å². The Morgan fingerprint density at radius 1 is 1.08 bits per heavy atom. The van der Waals surface area contributed by atoms with E-state index in [2.05, 4.69) is 5.32 Å². The smallest absolute Gasteiger partial charge is 0.324 e. The van der Waals surface area contributed by atoms with Crippen molar-refractivity contribution in [2.24, 2.45) is 0 Å². The molecule has 1 heterocycles. The highest BCUT2D eigenvalue weighted by Gasteiger charge is 2.29. The summed E-state index contributed by atoms with van der Waals surface area (Å²) in [7, 11) is 1.74. The van der Waals surface area contributed by atoms with Crippen molar-refractivity contribution in [3.63, 3.8) is 0 Å². The lowest BCUT2D eigenvalue weighted by Gasteiger charge is -2.34. The van der Waals surface area contributed by atoms with Crippen LogP contribution in [0.3, 0.4) is 0 Å². The Hall–Kier alpha value is -2.82. The average Bonchev–Trinajstić information content (AvgIpc) is 2.55. The fraction of sp³-hybridized carbons (Fsp3) is 0.263. The van der Waals surface area contributed by atoms with Gasteiger partial charge in [0.05, 0.1) is 5.69 Å². The molecule has 1 aliphatic rings. The number of benzene rings is 2. The van der Waals surface area contributed by atoms with E-state index in [4.69, 9.17) is 0 Å². The van der Waals surface area contributed by atoms with Crippen LogP contribution in [0.5, 0.6) is 0 Å². The van der Waals surface area contributed by atoms with E-state index in [0.717, 1.165) is 28.1 Å². The molecule has 3 amide bonds. The number of hydrogen-bond donors (Lipinski definition) is 1. The number of para-hydroxylation sites is 2. The molecule has 0 atom stereocenters. The van der Waals surface area contributed by atoms with E-state index in [1.807, 2.05) is 56.3 Å². The van der Waals surface area contributed by atoms with Gasteiger partial charge in [-0.15, -0.1) is 0 Å². The zero-order chi connectivity index (χ0) is 17.3. The fourth-order valence-electron chi connectivity index (χ4n) is 3.03. The highest BCUT2D eigenvalue weighted by molar-refractivity contribution is 6.03. The number of carbonyl (C=O) groups is 2. The highest BCUT2D eigenvalue weighted by atomic mass is 16.2. The van der Waals surface area contributed by atoms with E-state index < -0.39 is 0 Å². The Balaban J connectivity index is 1.82. The van der Waals surface area contributed by atoms with Crippen LogP contribution >= 0.6 is 0 Å². The van der Waals surface area contributed by atoms with Crippen molar-refractivity contribution in [1.29, 1.82) is 0 Å². The maximum absolute atomic E-state index is 12.5. The Morgan fingerprint density at radius 3 is 2.46 bits per heavy atom. The fourth-order valence-corrected chi connectivity index (χ4v) is 3.03. The van der Waals surface area contributed by atoms with Crippen molar-refractivity contribution >= 4 is 23.3 Å². The molecule has 2 aromatic rings. The molecule has 1 N–H and O–H groups in total. The van der Waals surface area contributed by atoms with Gasteiger partial charge in [-0.05, 0) is 36.6 Å². The molecular weight excluding hydrogens is 302 g/mol. The molecular formula is C19H21N3O2. The second-order valence-corrected chi connectivity index (χ2v) is 6.17. The zero-order valence-electron chi connectivity index (χ0n) is 14.2. The van der Waals surface area contributed by atoms with Crippen molar-refractivity contribution in [2.45, 2.75) is 20.4 Å². The molecule has 0 spiro atoms. The van der Waals surface area contributed by atoms with Crippen LogP contribution in [-0.4, -0.2) is 30.4 Å². The van der Waals surface area contributed by atoms with Crippen LogP contribution in [0.4, 0.5) is 16.2 Å². The van der Waals surface area contributed by atoms with Crippen molar-refractivity contribution in [3.8, 4) is 0 Å². The minimum absolute atomic E-state index is 0.00599. The Kier molecular flexibility index (Phi) is 4.25. The SMILES string of the molecule is Cc1cccc(C)c1NC(=O)CN1C(=O)N(C)Cc2ccccc21. The summed E-state index contributed by atoms with van der Waals surface area (Å²) < 4.78 is 0. The standard InChI is InChI=1S/C19H21N3O2/c1-13-7-6-8-14(2)18(13)20-17(23)12-22-16-10-5-4-9-15(16)11-21(3)19(22)24/h4-10H,11-12H2,1-3H3,(H,20,23). The number of rotatable bonds is 3. The lowest BCUT2D eigenvalue weighted by atomic mass is 10.1. The predicted octanol–water partition coefficient (Wildman–Crippen LogP) is 3.31. The Bertz CT molecular complexity index is 781. The van der Waals surface area contributed by atoms with Gasteiger partial charge in [-0.1, -0.05) is 36.4 Å². The molecule has 0 radical (unpaired) electrons. The molecule has 124 valence electrons. The van der Waals surface area contributed by atoms with Crippen molar-refractivity contribution in [2.75, 3.05) is 23.8 Å². The largest absolute Gasteiger partial charge is 0.325 e. The Labute approximate surface area is 141 Å². The van der Waals surface area contributed by atoms with Gasteiger partial charge in [-0.3, -0.25) is 9.69 Å². The topological polar surface area (TPSA) is 52.7 Å². The average molecular weight is 323 g/mol. The first-order valence-electron chi connectivity index (χ1n) is 7.94. The summed E-state index contributed by atoms with van der Waals surface area (Å²) in [5.41, 5.74) is 4.67. The van der Waals surface area contributed by atoms with Gasteiger partial charge in [0.1, 0.15) is 6.54 Å². The molecule has 0 aromatic heterocycles. The minimum Gasteiger partial charge on any atom is -0.324 e. The number of fused-ring (bicyclic) bond motifs is 1. The zero-order valence-corrected chi connectivity index (χ0v) is 14.2. The minimum atomic E-state index is -0.203. The highest BCUT2D eigenvalue weighted by Crippen LogP contribution is 2.27. The number of aryl methyl sites for hydroxylation is 2. The van der Waals surface area contributed by atoms with Gasteiger partial charge in [-0.25, -0.2) is 4.79 Å². The summed E-state index contributed by atoms with van der Waals surface area (Å²) in [6, 6.07) is 13.4. The van der Waals surface area contributed by atoms with Crippen molar-refractivity contribution in [3.05, 3.63) is 59.2 Å². The number of nitrogens with one attached hydrogen (secondary N) is 1. The molecule has 5 nitrogen and oxygen atoms in total. The van der Waals surface area contributed by atoms with Gasteiger partial charge in [0, 0.05) is 19.3 Å². The molecule has 24 heavy (non-hydrogen) atoms. The summed E-state index contributed by atoms with van der Waals surface area (Å²) in [6.07, 6.45) is 0. The number of carbonyl (C=O) groups excluding carboxylic acids is 2. The molecule has 0 fully saturated rings. The molecule has 5 heteroatoms. The van der Waals surface area contributed by atoms with Gasteiger partial charge < -0.3 is 10.2 Å². The summed E-state index contributed by atoms with van der Waals surface area (Å²) >= 11 is 0. The van der Waals surface area contributed by atoms with Crippen molar-refractivity contribution < 1.29 is 9.59 Å². The molecule has 3 rings (SSSR count). The van der Waals surface area contributed by atoms with E-state index in [1.54, 1.807) is 11.9 Å². The quantitative estimate of drug-likeness (QED) is 0.942. The third kappa shape index (κ3) is 2.97. The van der Waals surface area contributed by atoms with Crippen LogP contribution < -0.4 is 10.2 Å². The maximum Gasteiger partial charge on any atom is 0.325 e. The predicted molar refractivity (Wildman–Crippen MR) is 95.2 cm³/mol. The lowest BCUT2D eigenvalue weighted by molar-refractivity contribution is -0.114. The number of urea groups is 1. The van der Waals surface area contributed by atoms with E-state index in [-0.39, 0.29) is 18.5 Å². The molecule has 0 aliphatic carbocycles. The molecule has 0 saturated carbocycles. The van der Waals surface area contributed by atoms with Crippen LogP contribution in [0.25, 0.3) is 0 Å². The number of hydrogen-bond acceptors (Lipinski definition) is 2. The van der Waals surface area contributed by atoms with Gasteiger partial charge >= 0.3 is 6.03 Å². The van der Waals surface area contributed by atoms with E-state index in [9.17, 15) is 9.59 Å². The maximum atomic E-state index is 12.5. The summed E-state index contributed by atoms with van der Waals surface area (Å²) in [5.74, 6) is -0.203. The molecule has 0 unspecified atom stereocenters. The molecule has 2 aromatic carbocycles. The number of amides is 3. The summed E-state index contributed by atoms with van der Waals surface area (Å²) in [5, 5.41) is 2.94.